The first-order valence-electron chi connectivity index (χ1n) is 5.98. The monoisotopic (exact) mass is 350 g/mol. The van der Waals surface area contributed by atoms with Gasteiger partial charge < -0.3 is 9.47 Å². The first kappa shape index (κ1) is 18.4. The molecular formula is C12H15Cl2F3O4. The van der Waals surface area contributed by atoms with Crippen molar-refractivity contribution in [2.45, 2.75) is 37.4 Å². The van der Waals surface area contributed by atoms with Gasteiger partial charge in [-0.1, -0.05) is 37.0 Å². The lowest BCUT2D eigenvalue weighted by Gasteiger charge is -2.32. The molecule has 4 nitrogen and oxygen atoms in total. The summed E-state index contributed by atoms with van der Waals surface area (Å²) in [5.41, 5.74) is -0.881. The SMILES string of the molecule is COC(=O)C1C(C(OC(C)=O)C(Cl)(Cl)C(F)(F)F)C1(C)C. The van der Waals surface area contributed by atoms with Crippen LogP contribution in [-0.2, 0) is 19.1 Å². The molecule has 0 saturated heterocycles. The van der Waals surface area contributed by atoms with Gasteiger partial charge in [-0.05, 0) is 5.41 Å². The van der Waals surface area contributed by atoms with Crippen LogP contribution in [0.15, 0.2) is 0 Å². The number of hydrogen-bond acceptors (Lipinski definition) is 4. The highest BCUT2D eigenvalue weighted by molar-refractivity contribution is 6.49. The second kappa shape index (κ2) is 5.50. The fraction of sp³-hybridized carbons (Fsp3) is 0.833. The molecule has 0 bridgehead atoms. The molecule has 1 aliphatic carbocycles. The smallest absolute Gasteiger partial charge is 0.425 e. The highest BCUT2D eigenvalue weighted by Crippen LogP contribution is 2.65. The number of ether oxygens (including phenoxy) is 2. The van der Waals surface area contributed by atoms with Crippen molar-refractivity contribution in [3.8, 4) is 0 Å². The average Bonchev–Trinajstić information content (AvgIpc) is 2.85. The number of methoxy groups -OCH3 is 1. The molecule has 9 heteroatoms. The Bertz CT molecular complexity index is 448. The molecule has 0 amide bonds. The predicted molar refractivity (Wildman–Crippen MR) is 68.8 cm³/mol. The van der Waals surface area contributed by atoms with E-state index in [2.05, 4.69) is 4.74 Å². The Hall–Kier alpha value is -0.690. The summed E-state index contributed by atoms with van der Waals surface area (Å²) >= 11 is 10.8. The zero-order valence-corrected chi connectivity index (χ0v) is 13.3. The number of rotatable bonds is 4. The number of carbonyl (C=O) groups excluding carboxylic acids is 2. The Morgan fingerprint density at radius 3 is 2.05 bits per heavy atom. The Balaban J connectivity index is 3.17. The van der Waals surface area contributed by atoms with Gasteiger partial charge in [0.15, 0.2) is 0 Å². The van der Waals surface area contributed by atoms with Crippen LogP contribution >= 0.6 is 23.2 Å². The molecular weight excluding hydrogens is 336 g/mol. The lowest BCUT2D eigenvalue weighted by Crippen LogP contribution is -2.49. The fourth-order valence-corrected chi connectivity index (χ4v) is 2.89. The predicted octanol–water partition coefficient (Wildman–Crippen LogP) is 3.10. The molecule has 122 valence electrons. The molecule has 0 aromatic heterocycles. The standard InChI is InChI=1S/C12H15Cl2F3O4/c1-5(18)21-8(11(13,14)12(15,16)17)6-7(9(19)20-4)10(6,2)3/h6-8H,1-4H3. The van der Waals surface area contributed by atoms with Crippen LogP contribution in [0, 0.1) is 17.3 Å². The summed E-state index contributed by atoms with van der Waals surface area (Å²) in [5.74, 6) is -3.55. The minimum Gasteiger partial charge on any atom is -0.469 e. The fourth-order valence-electron chi connectivity index (χ4n) is 2.53. The summed E-state index contributed by atoms with van der Waals surface area (Å²) < 4.78 is 45.0. The summed E-state index contributed by atoms with van der Waals surface area (Å²) in [7, 11) is 1.12. The van der Waals surface area contributed by atoms with E-state index in [1.54, 1.807) is 13.8 Å². The van der Waals surface area contributed by atoms with Crippen LogP contribution < -0.4 is 0 Å². The zero-order valence-electron chi connectivity index (χ0n) is 11.8. The van der Waals surface area contributed by atoms with Gasteiger partial charge in [0.2, 0.25) is 4.33 Å². The van der Waals surface area contributed by atoms with E-state index in [4.69, 9.17) is 27.9 Å². The molecule has 1 rings (SSSR count). The molecule has 3 atom stereocenters. The second-order valence-corrected chi connectivity index (χ2v) is 6.88. The molecule has 0 aromatic carbocycles. The Labute approximate surface area is 129 Å². The third kappa shape index (κ3) is 3.23. The van der Waals surface area contributed by atoms with Gasteiger partial charge >= 0.3 is 18.1 Å². The van der Waals surface area contributed by atoms with E-state index in [1.165, 1.54) is 0 Å². The van der Waals surface area contributed by atoms with Gasteiger partial charge in [0.25, 0.3) is 0 Å². The zero-order chi connectivity index (χ0) is 16.8. The van der Waals surface area contributed by atoms with Crippen LogP contribution in [-0.4, -0.2) is 35.7 Å². The number of esters is 2. The molecule has 0 N–H and O–H groups in total. The van der Waals surface area contributed by atoms with Crippen molar-refractivity contribution in [2.24, 2.45) is 17.3 Å². The van der Waals surface area contributed by atoms with Crippen LogP contribution in [0.1, 0.15) is 20.8 Å². The highest BCUT2D eigenvalue weighted by Gasteiger charge is 2.74. The molecule has 1 aliphatic rings. The Morgan fingerprint density at radius 2 is 1.71 bits per heavy atom. The molecule has 21 heavy (non-hydrogen) atoms. The minimum atomic E-state index is -5.03. The van der Waals surface area contributed by atoms with E-state index in [-0.39, 0.29) is 0 Å². The van der Waals surface area contributed by atoms with Crippen molar-refractivity contribution in [3.63, 3.8) is 0 Å². The maximum absolute atomic E-state index is 13.0. The average molecular weight is 351 g/mol. The van der Waals surface area contributed by atoms with Gasteiger partial charge in [-0.2, -0.15) is 13.2 Å². The minimum absolute atomic E-state index is 0.701. The normalized spacial score (nSPS) is 26.0. The maximum Gasteiger partial charge on any atom is 0.425 e. The Morgan fingerprint density at radius 1 is 1.24 bits per heavy atom. The maximum atomic E-state index is 13.0. The Kier molecular flexibility index (Phi) is 4.81. The van der Waals surface area contributed by atoms with Crippen molar-refractivity contribution in [1.29, 1.82) is 0 Å². The van der Waals surface area contributed by atoms with Gasteiger partial charge in [0.05, 0.1) is 13.0 Å². The summed E-state index contributed by atoms with van der Waals surface area (Å²) in [6, 6.07) is 0. The summed E-state index contributed by atoms with van der Waals surface area (Å²) in [5, 5.41) is 0. The van der Waals surface area contributed by atoms with Crippen LogP contribution in [0.4, 0.5) is 13.2 Å². The molecule has 1 saturated carbocycles. The first-order valence-corrected chi connectivity index (χ1v) is 6.73. The lowest BCUT2D eigenvalue weighted by molar-refractivity contribution is -0.181. The van der Waals surface area contributed by atoms with Crippen molar-refractivity contribution in [1.82, 2.24) is 0 Å². The van der Waals surface area contributed by atoms with Crippen LogP contribution in [0.25, 0.3) is 0 Å². The van der Waals surface area contributed by atoms with E-state index < -0.39 is 45.8 Å². The summed E-state index contributed by atoms with van der Waals surface area (Å²) in [6.45, 7) is 4.04. The molecule has 0 aromatic rings. The first-order chi connectivity index (χ1) is 9.28. The van der Waals surface area contributed by atoms with Crippen molar-refractivity contribution in [2.75, 3.05) is 7.11 Å². The quantitative estimate of drug-likeness (QED) is 0.577. The van der Waals surface area contributed by atoms with E-state index in [1.807, 2.05) is 0 Å². The number of carbonyl (C=O) groups is 2. The largest absolute Gasteiger partial charge is 0.469 e. The summed E-state index contributed by atoms with van der Waals surface area (Å²) in [6.07, 6.45) is -6.94. The van der Waals surface area contributed by atoms with Crippen LogP contribution in [0.2, 0.25) is 0 Å². The topological polar surface area (TPSA) is 52.6 Å². The van der Waals surface area contributed by atoms with E-state index in [0.29, 0.717) is 0 Å². The van der Waals surface area contributed by atoms with E-state index in [0.717, 1.165) is 14.0 Å². The van der Waals surface area contributed by atoms with Crippen molar-refractivity contribution in [3.05, 3.63) is 0 Å². The molecule has 0 heterocycles. The molecule has 0 spiro atoms. The number of alkyl halides is 5. The van der Waals surface area contributed by atoms with Crippen molar-refractivity contribution >= 4 is 35.1 Å². The summed E-state index contributed by atoms with van der Waals surface area (Å²) in [4.78, 5) is 22.7. The second-order valence-electron chi connectivity index (χ2n) is 5.50. The molecule has 3 unspecified atom stereocenters. The van der Waals surface area contributed by atoms with Crippen LogP contribution in [0.3, 0.4) is 0 Å². The van der Waals surface area contributed by atoms with Crippen LogP contribution in [0.5, 0.6) is 0 Å². The molecule has 1 fully saturated rings. The molecule has 0 radical (unpaired) electrons. The van der Waals surface area contributed by atoms with Crippen molar-refractivity contribution < 1.29 is 32.2 Å². The third-order valence-corrected chi connectivity index (χ3v) is 4.58. The third-order valence-electron chi connectivity index (χ3n) is 3.72. The van der Waals surface area contributed by atoms with E-state index in [9.17, 15) is 22.8 Å². The number of hydrogen-bond donors (Lipinski definition) is 0. The van der Waals surface area contributed by atoms with Gasteiger partial charge in [0, 0.05) is 12.8 Å². The van der Waals surface area contributed by atoms with Gasteiger partial charge in [-0.3, -0.25) is 9.59 Å². The molecule has 0 aliphatic heterocycles. The van der Waals surface area contributed by atoms with Gasteiger partial charge in [-0.15, -0.1) is 0 Å². The van der Waals surface area contributed by atoms with Gasteiger partial charge in [0.1, 0.15) is 6.10 Å². The van der Waals surface area contributed by atoms with E-state index >= 15 is 0 Å². The highest BCUT2D eigenvalue weighted by atomic mass is 35.5. The lowest BCUT2D eigenvalue weighted by atomic mass is 10.0. The van der Waals surface area contributed by atoms with Gasteiger partial charge in [-0.25, -0.2) is 0 Å². The number of halogens is 5.